The van der Waals surface area contributed by atoms with Gasteiger partial charge in [-0.05, 0) is 38.5 Å². The Labute approximate surface area is 153 Å². The van der Waals surface area contributed by atoms with Gasteiger partial charge in [0.2, 0.25) is 11.8 Å². The molecule has 2 aliphatic rings. The molecule has 25 heavy (non-hydrogen) atoms. The first-order valence-corrected chi connectivity index (χ1v) is 10.1. The van der Waals surface area contributed by atoms with E-state index in [1.807, 2.05) is 0 Å². The van der Waals surface area contributed by atoms with Crippen LogP contribution in [0.25, 0.3) is 0 Å². The van der Waals surface area contributed by atoms with Gasteiger partial charge >= 0.3 is 0 Å². The molecule has 0 bridgehead atoms. The normalized spacial score (nSPS) is 23.7. The second-order valence-electron chi connectivity index (χ2n) is 7.18. The third kappa shape index (κ3) is 4.79. The highest BCUT2D eigenvalue weighted by molar-refractivity contribution is 7.11. The zero-order valence-electron chi connectivity index (χ0n) is 14.9. The maximum Gasteiger partial charge on any atom is 0.224 e. The lowest BCUT2D eigenvalue weighted by Gasteiger charge is -2.23. The molecule has 3 N–H and O–H groups in total. The Bertz CT molecular complexity index is 607. The summed E-state index contributed by atoms with van der Waals surface area (Å²) in [4.78, 5) is 32.1. The molecule has 1 aromatic heterocycles. The molecule has 1 aromatic rings. The molecule has 0 unspecified atom stereocenters. The fourth-order valence-electron chi connectivity index (χ4n) is 3.64. The van der Waals surface area contributed by atoms with Crippen molar-refractivity contribution in [1.82, 2.24) is 15.2 Å². The van der Waals surface area contributed by atoms with Crippen LogP contribution in [0.15, 0.2) is 0 Å². The molecular formula is C18H28N4O2S. The summed E-state index contributed by atoms with van der Waals surface area (Å²) in [5, 5.41) is 4.16. The summed E-state index contributed by atoms with van der Waals surface area (Å²) >= 11 is 1.80. The van der Waals surface area contributed by atoms with Crippen molar-refractivity contribution in [1.29, 1.82) is 0 Å². The quantitative estimate of drug-likeness (QED) is 0.842. The number of nitrogens with two attached hydrogens (primary N) is 1. The Kier molecular flexibility index (Phi) is 6.06. The van der Waals surface area contributed by atoms with Crippen molar-refractivity contribution >= 4 is 23.2 Å². The van der Waals surface area contributed by atoms with Crippen LogP contribution < -0.4 is 11.1 Å². The average Bonchev–Trinajstić information content (AvgIpc) is 2.88. The summed E-state index contributed by atoms with van der Waals surface area (Å²) in [6.45, 7) is 3.16. The van der Waals surface area contributed by atoms with Crippen molar-refractivity contribution < 1.29 is 9.59 Å². The van der Waals surface area contributed by atoms with E-state index < -0.39 is 0 Å². The van der Waals surface area contributed by atoms with Gasteiger partial charge in [0.25, 0.3) is 0 Å². The smallest absolute Gasteiger partial charge is 0.224 e. The number of nitrogens with zero attached hydrogens (tertiary/aromatic N) is 2. The van der Waals surface area contributed by atoms with E-state index in [9.17, 15) is 9.59 Å². The van der Waals surface area contributed by atoms with E-state index in [-0.39, 0.29) is 23.8 Å². The predicted octanol–water partition coefficient (Wildman–Crippen LogP) is 1.27. The number of aromatic nitrogens is 1. The van der Waals surface area contributed by atoms with Gasteiger partial charge in [-0.3, -0.25) is 9.59 Å². The van der Waals surface area contributed by atoms with Crippen molar-refractivity contribution in [3.05, 3.63) is 15.6 Å². The van der Waals surface area contributed by atoms with Crippen LogP contribution in [-0.2, 0) is 28.9 Å². The van der Waals surface area contributed by atoms with Crippen LogP contribution in [0.3, 0.4) is 0 Å². The molecule has 0 saturated carbocycles. The lowest BCUT2D eigenvalue weighted by atomic mass is 10.0. The number of fused-ring (bicyclic) bond motifs is 1. The molecule has 1 fully saturated rings. The first-order valence-electron chi connectivity index (χ1n) is 9.29. The number of rotatable bonds is 4. The lowest BCUT2D eigenvalue weighted by molar-refractivity contribution is -0.131. The standard InChI is InChI=1S/C18H28N4O2S/c1-12(23)22-10-13(6-7-14(19)11-22)18(24)20-9-8-17-21-15-4-2-3-5-16(15)25-17/h13-14H,2-11,19H2,1H3,(H,20,24)/t13-,14+/m1/s1. The van der Waals surface area contributed by atoms with E-state index in [0.29, 0.717) is 19.6 Å². The van der Waals surface area contributed by atoms with Gasteiger partial charge in [0.1, 0.15) is 0 Å². The van der Waals surface area contributed by atoms with Crippen molar-refractivity contribution in [3.8, 4) is 0 Å². The zero-order valence-corrected chi connectivity index (χ0v) is 15.7. The zero-order chi connectivity index (χ0) is 17.8. The fourth-order valence-corrected chi connectivity index (χ4v) is 4.80. The molecule has 2 heterocycles. The molecule has 6 nitrogen and oxygen atoms in total. The van der Waals surface area contributed by atoms with E-state index in [0.717, 1.165) is 37.1 Å². The highest BCUT2D eigenvalue weighted by Gasteiger charge is 2.28. The van der Waals surface area contributed by atoms with E-state index in [2.05, 4.69) is 5.32 Å². The summed E-state index contributed by atoms with van der Waals surface area (Å²) in [6.07, 6.45) is 7.06. The maximum atomic E-state index is 12.5. The van der Waals surface area contributed by atoms with Gasteiger partial charge < -0.3 is 16.0 Å². The minimum atomic E-state index is -0.165. The largest absolute Gasteiger partial charge is 0.355 e. The Morgan fingerprint density at radius 2 is 2.08 bits per heavy atom. The summed E-state index contributed by atoms with van der Waals surface area (Å²) in [6, 6.07) is -0.0386. The topological polar surface area (TPSA) is 88.3 Å². The van der Waals surface area contributed by atoms with Crippen LogP contribution in [0.5, 0.6) is 0 Å². The molecule has 1 saturated heterocycles. The van der Waals surface area contributed by atoms with E-state index >= 15 is 0 Å². The SMILES string of the molecule is CC(=O)N1C[C@@H](N)CC[C@@H](C(=O)NCCc2nc3c(s2)CCCC3)C1. The molecule has 1 aliphatic carbocycles. The Morgan fingerprint density at radius 1 is 1.28 bits per heavy atom. The number of carbonyl (C=O) groups is 2. The van der Waals surface area contributed by atoms with Crippen LogP contribution in [0, 0.1) is 5.92 Å². The van der Waals surface area contributed by atoms with Crippen LogP contribution in [0.2, 0.25) is 0 Å². The molecule has 7 heteroatoms. The molecule has 0 aromatic carbocycles. The Balaban J connectivity index is 1.49. The highest BCUT2D eigenvalue weighted by atomic mass is 32.1. The van der Waals surface area contributed by atoms with Gasteiger partial charge in [0.15, 0.2) is 0 Å². The summed E-state index contributed by atoms with van der Waals surface area (Å²) < 4.78 is 0. The Hall–Kier alpha value is -1.47. The fraction of sp³-hybridized carbons (Fsp3) is 0.722. The second-order valence-corrected chi connectivity index (χ2v) is 8.35. The number of likely N-dealkylation sites (tertiary alicyclic amines) is 1. The number of thiazole rings is 1. The van der Waals surface area contributed by atoms with Crippen LogP contribution in [-0.4, -0.2) is 47.4 Å². The highest BCUT2D eigenvalue weighted by Crippen LogP contribution is 2.26. The second kappa shape index (κ2) is 8.27. The predicted molar refractivity (Wildman–Crippen MR) is 98.4 cm³/mol. The number of aryl methyl sites for hydroxylation is 2. The maximum absolute atomic E-state index is 12.5. The van der Waals surface area contributed by atoms with Crippen LogP contribution in [0.4, 0.5) is 0 Å². The molecule has 0 spiro atoms. The minimum Gasteiger partial charge on any atom is -0.355 e. The summed E-state index contributed by atoms with van der Waals surface area (Å²) in [5.74, 6) is -0.146. The first kappa shape index (κ1) is 18.3. The number of nitrogens with one attached hydrogen (secondary N) is 1. The third-order valence-electron chi connectivity index (χ3n) is 5.13. The van der Waals surface area contributed by atoms with Gasteiger partial charge in [-0.2, -0.15) is 0 Å². The van der Waals surface area contributed by atoms with Gasteiger partial charge in [0.05, 0.1) is 16.6 Å². The third-order valence-corrected chi connectivity index (χ3v) is 6.34. The lowest BCUT2D eigenvalue weighted by Crippen LogP contribution is -2.42. The molecule has 0 radical (unpaired) electrons. The first-order chi connectivity index (χ1) is 12.0. The van der Waals surface area contributed by atoms with Gasteiger partial charge in [-0.25, -0.2) is 4.98 Å². The number of hydrogen-bond donors (Lipinski definition) is 2. The van der Waals surface area contributed by atoms with Gasteiger partial charge in [-0.15, -0.1) is 11.3 Å². The van der Waals surface area contributed by atoms with Crippen molar-refractivity contribution in [2.45, 2.75) is 57.9 Å². The van der Waals surface area contributed by atoms with Crippen molar-refractivity contribution in [3.63, 3.8) is 0 Å². The van der Waals surface area contributed by atoms with Crippen molar-refractivity contribution in [2.75, 3.05) is 19.6 Å². The molecule has 2 atom stereocenters. The van der Waals surface area contributed by atoms with Crippen molar-refractivity contribution in [2.24, 2.45) is 11.7 Å². The van der Waals surface area contributed by atoms with Gasteiger partial charge in [-0.1, -0.05) is 0 Å². The van der Waals surface area contributed by atoms with E-state index in [1.165, 1.54) is 30.3 Å². The van der Waals surface area contributed by atoms with Crippen LogP contribution >= 0.6 is 11.3 Å². The number of carbonyl (C=O) groups excluding carboxylic acids is 2. The number of amides is 2. The summed E-state index contributed by atoms with van der Waals surface area (Å²) in [5.41, 5.74) is 7.29. The minimum absolute atomic E-state index is 0.0106. The summed E-state index contributed by atoms with van der Waals surface area (Å²) in [7, 11) is 0. The molecule has 138 valence electrons. The monoisotopic (exact) mass is 364 g/mol. The molecule has 3 rings (SSSR count). The van der Waals surface area contributed by atoms with Crippen LogP contribution in [0.1, 0.15) is 48.2 Å². The van der Waals surface area contributed by atoms with Gasteiger partial charge in [0, 0.05) is 43.9 Å². The molecule has 1 aliphatic heterocycles. The molecule has 2 amide bonds. The molecular weight excluding hydrogens is 336 g/mol. The van der Waals surface area contributed by atoms with E-state index in [1.54, 1.807) is 16.2 Å². The average molecular weight is 365 g/mol. The number of hydrogen-bond acceptors (Lipinski definition) is 5. The Morgan fingerprint density at radius 3 is 2.84 bits per heavy atom. The van der Waals surface area contributed by atoms with E-state index in [4.69, 9.17) is 10.7 Å².